The highest BCUT2D eigenvalue weighted by Gasteiger charge is 2.39. The lowest BCUT2D eigenvalue weighted by Crippen LogP contribution is -2.56. The molecule has 2 N–H and O–H groups in total. The zero-order chi connectivity index (χ0) is 18.4. The third-order valence-electron chi connectivity index (χ3n) is 6.14. The van der Waals surface area contributed by atoms with Gasteiger partial charge in [0.05, 0.1) is 0 Å². The molecule has 140 valence electrons. The van der Waals surface area contributed by atoms with E-state index in [9.17, 15) is 0 Å². The Morgan fingerprint density at radius 1 is 1.38 bits per heavy atom. The smallest absolute Gasteiger partial charge is 0.169 e. The topological polar surface area (TPSA) is 34.3 Å². The molecule has 1 aliphatic heterocycles. The molecule has 2 aliphatic rings. The Hall–Kier alpha value is -1.11. The number of thiocarbonyl (C=S) groups is 1. The number of likely N-dealkylation sites (N-methyl/N-ethyl adjacent to an activating group) is 1. The van der Waals surface area contributed by atoms with E-state index in [0.29, 0.717) is 18.0 Å². The van der Waals surface area contributed by atoms with Gasteiger partial charge in [-0.25, -0.2) is 0 Å². The first-order valence-electron chi connectivity index (χ1n) is 9.56. The van der Waals surface area contributed by atoms with E-state index in [0.717, 1.165) is 42.1 Å². The van der Waals surface area contributed by atoms with Crippen molar-refractivity contribution >= 4 is 44.2 Å². The van der Waals surface area contributed by atoms with Crippen LogP contribution < -0.4 is 5.32 Å². The summed E-state index contributed by atoms with van der Waals surface area (Å²) in [5.74, 6) is 0.536. The number of halogens is 1. The lowest BCUT2D eigenvalue weighted by molar-refractivity contribution is 0.133. The molecule has 0 radical (unpaired) electrons. The van der Waals surface area contributed by atoms with Crippen LogP contribution in [-0.4, -0.2) is 58.7 Å². The van der Waals surface area contributed by atoms with E-state index < -0.39 is 0 Å². The largest absolute Gasteiger partial charge is 0.361 e. The van der Waals surface area contributed by atoms with Crippen molar-refractivity contribution in [2.75, 3.05) is 26.7 Å². The highest BCUT2D eigenvalue weighted by molar-refractivity contribution is 9.10. The summed E-state index contributed by atoms with van der Waals surface area (Å²) < 4.78 is 1.16. The van der Waals surface area contributed by atoms with Crippen molar-refractivity contribution in [1.82, 2.24) is 20.1 Å². The van der Waals surface area contributed by atoms with Crippen LogP contribution in [0.5, 0.6) is 0 Å². The van der Waals surface area contributed by atoms with Gasteiger partial charge in [0.2, 0.25) is 0 Å². The molecule has 1 fully saturated rings. The second-order valence-electron chi connectivity index (χ2n) is 7.60. The highest BCUT2D eigenvalue weighted by atomic mass is 79.9. The van der Waals surface area contributed by atoms with E-state index in [1.807, 2.05) is 0 Å². The molecule has 1 aliphatic carbocycles. The van der Waals surface area contributed by atoms with Crippen LogP contribution >= 0.6 is 28.1 Å². The van der Waals surface area contributed by atoms with Crippen LogP contribution in [0.2, 0.25) is 0 Å². The number of benzene rings is 1. The van der Waals surface area contributed by atoms with Crippen molar-refractivity contribution in [2.45, 2.75) is 44.7 Å². The molecule has 6 heteroatoms. The lowest BCUT2D eigenvalue weighted by atomic mass is 9.74. The van der Waals surface area contributed by atoms with Crippen LogP contribution in [0.15, 0.2) is 22.8 Å². The molecule has 4 rings (SSSR count). The minimum Gasteiger partial charge on any atom is -0.361 e. The molecule has 0 bridgehead atoms. The summed E-state index contributed by atoms with van der Waals surface area (Å²) in [6, 6.07) is 5.48. The second kappa shape index (κ2) is 7.13. The van der Waals surface area contributed by atoms with Gasteiger partial charge in [-0.05, 0) is 69.2 Å². The molecule has 3 atom stereocenters. The number of aromatic amines is 1. The number of aromatic nitrogens is 1. The van der Waals surface area contributed by atoms with Gasteiger partial charge in [0, 0.05) is 59.2 Å². The Bertz CT molecular complexity index is 829. The Morgan fingerprint density at radius 2 is 2.15 bits per heavy atom. The number of nitrogens with zero attached hydrogens (tertiary/aromatic N) is 2. The summed E-state index contributed by atoms with van der Waals surface area (Å²) in [5.41, 5.74) is 4.19. The minimum atomic E-state index is 0.392. The van der Waals surface area contributed by atoms with Gasteiger partial charge in [-0.1, -0.05) is 15.9 Å². The van der Waals surface area contributed by atoms with Gasteiger partial charge in [0.1, 0.15) is 0 Å². The van der Waals surface area contributed by atoms with E-state index in [-0.39, 0.29) is 0 Å². The fourth-order valence-corrected chi connectivity index (χ4v) is 5.76. The summed E-state index contributed by atoms with van der Waals surface area (Å²) in [4.78, 5) is 8.22. The predicted molar refractivity (Wildman–Crippen MR) is 116 cm³/mol. The van der Waals surface area contributed by atoms with Gasteiger partial charge >= 0.3 is 0 Å². The molecule has 1 aromatic carbocycles. The molecular weight excluding hydrogens is 408 g/mol. The zero-order valence-corrected chi connectivity index (χ0v) is 18.1. The third kappa shape index (κ3) is 3.06. The van der Waals surface area contributed by atoms with Crippen molar-refractivity contribution in [1.29, 1.82) is 0 Å². The van der Waals surface area contributed by atoms with Crippen molar-refractivity contribution in [3.8, 4) is 0 Å². The van der Waals surface area contributed by atoms with Crippen molar-refractivity contribution in [3.63, 3.8) is 0 Å². The SMILES string of the molecule is CCN(CC)C(=S)N[C@H]1C[C@@H]2c3cc(Br)cc4[nH]cc(c34)C[C@H]2N(C)C1. The van der Waals surface area contributed by atoms with Crippen LogP contribution in [0.4, 0.5) is 0 Å². The van der Waals surface area contributed by atoms with E-state index in [1.165, 1.54) is 22.0 Å². The number of likely N-dealkylation sites (tertiary alicyclic amines) is 1. The quantitative estimate of drug-likeness (QED) is 0.718. The molecule has 2 aromatic rings. The summed E-state index contributed by atoms with van der Waals surface area (Å²) in [7, 11) is 2.26. The molecule has 0 spiro atoms. The average molecular weight is 435 g/mol. The van der Waals surface area contributed by atoms with Crippen molar-refractivity contribution in [2.24, 2.45) is 0 Å². The van der Waals surface area contributed by atoms with Gasteiger partial charge in [-0.3, -0.25) is 0 Å². The van der Waals surface area contributed by atoms with Gasteiger partial charge in [0.25, 0.3) is 0 Å². The summed E-state index contributed by atoms with van der Waals surface area (Å²) in [6.45, 7) is 7.27. The Morgan fingerprint density at radius 3 is 2.88 bits per heavy atom. The first-order valence-corrected chi connectivity index (χ1v) is 10.8. The monoisotopic (exact) mass is 434 g/mol. The van der Waals surface area contributed by atoms with E-state index in [4.69, 9.17) is 12.2 Å². The van der Waals surface area contributed by atoms with Gasteiger partial charge < -0.3 is 20.1 Å². The van der Waals surface area contributed by atoms with Gasteiger partial charge in [-0.15, -0.1) is 0 Å². The Kier molecular flexibility index (Phi) is 5.01. The molecule has 4 nitrogen and oxygen atoms in total. The maximum atomic E-state index is 5.66. The fourth-order valence-electron chi connectivity index (χ4n) is 4.86. The first-order chi connectivity index (χ1) is 12.5. The van der Waals surface area contributed by atoms with Crippen LogP contribution in [-0.2, 0) is 6.42 Å². The lowest BCUT2D eigenvalue weighted by Gasteiger charge is -2.46. The normalized spacial score (nSPS) is 25.2. The molecule has 1 saturated heterocycles. The van der Waals surface area contributed by atoms with Crippen LogP contribution in [0, 0.1) is 0 Å². The van der Waals surface area contributed by atoms with E-state index in [1.54, 1.807) is 0 Å². The molecule has 2 heterocycles. The molecule has 0 unspecified atom stereocenters. The van der Waals surface area contributed by atoms with E-state index >= 15 is 0 Å². The molecule has 0 saturated carbocycles. The number of rotatable bonds is 3. The minimum absolute atomic E-state index is 0.392. The first kappa shape index (κ1) is 18.3. The third-order valence-corrected chi connectivity index (χ3v) is 6.97. The fraction of sp³-hybridized carbons (Fsp3) is 0.550. The van der Waals surface area contributed by atoms with Crippen LogP contribution in [0.1, 0.15) is 37.3 Å². The molecule has 26 heavy (non-hydrogen) atoms. The Labute approximate surface area is 169 Å². The maximum absolute atomic E-state index is 5.66. The van der Waals surface area contributed by atoms with Gasteiger partial charge in [-0.2, -0.15) is 0 Å². The summed E-state index contributed by atoms with van der Waals surface area (Å²) in [5, 5.41) is 5.98. The average Bonchev–Trinajstić information content (AvgIpc) is 3.00. The molecule has 1 aromatic heterocycles. The number of H-pyrrole nitrogens is 1. The number of hydrogen-bond donors (Lipinski definition) is 2. The Balaban J connectivity index is 1.63. The van der Waals surface area contributed by atoms with Crippen LogP contribution in [0.3, 0.4) is 0 Å². The van der Waals surface area contributed by atoms with Crippen molar-refractivity contribution < 1.29 is 0 Å². The number of hydrogen-bond acceptors (Lipinski definition) is 2. The molecule has 0 amide bonds. The summed E-state index contributed by atoms with van der Waals surface area (Å²) >= 11 is 9.36. The second-order valence-corrected chi connectivity index (χ2v) is 8.91. The predicted octanol–water partition coefficient (Wildman–Crippen LogP) is 3.86. The van der Waals surface area contributed by atoms with Gasteiger partial charge in [0.15, 0.2) is 5.11 Å². The number of fused-ring (bicyclic) bond motifs is 2. The number of piperidine rings is 1. The van der Waals surface area contributed by atoms with Crippen LogP contribution in [0.25, 0.3) is 10.9 Å². The van der Waals surface area contributed by atoms with Crippen molar-refractivity contribution in [3.05, 3.63) is 33.9 Å². The summed E-state index contributed by atoms with van der Waals surface area (Å²) in [6.07, 6.45) is 4.46. The highest BCUT2D eigenvalue weighted by Crippen LogP contribution is 2.44. The maximum Gasteiger partial charge on any atom is 0.169 e. The number of nitrogens with one attached hydrogen (secondary N) is 2. The molecular formula is C20H27BrN4S. The zero-order valence-electron chi connectivity index (χ0n) is 15.7. The standard InChI is InChI=1S/C20H27BrN4S/c1-4-25(5-2)20(26)23-14-9-15-16-7-13(21)8-17-19(16)12(10-22-17)6-18(15)24(3)11-14/h7-8,10,14-15,18,22H,4-6,9,11H2,1-3H3,(H,23,26)/t14-,15+,18+/m0/s1. The van der Waals surface area contributed by atoms with E-state index in [2.05, 4.69) is 75.3 Å².